The molecular weight excluding hydrogens is 258 g/mol. The first-order valence-electron chi connectivity index (χ1n) is 7.11. The van der Waals surface area contributed by atoms with Gasteiger partial charge in [-0.15, -0.1) is 0 Å². The van der Waals surface area contributed by atoms with E-state index >= 15 is 0 Å². The molecule has 1 unspecified atom stereocenters. The number of esters is 1. The van der Waals surface area contributed by atoms with Gasteiger partial charge in [0.1, 0.15) is 18.4 Å². The first-order valence-corrected chi connectivity index (χ1v) is 6.61. The van der Waals surface area contributed by atoms with Crippen LogP contribution >= 0.6 is 0 Å². The van der Waals surface area contributed by atoms with Crippen LogP contribution in [0.2, 0.25) is 0 Å². The van der Waals surface area contributed by atoms with Crippen molar-refractivity contribution >= 4 is 12.4 Å². The van der Waals surface area contributed by atoms with Crippen molar-refractivity contribution in [3.05, 3.63) is 29.8 Å². The molecule has 0 fully saturated rings. The van der Waals surface area contributed by atoms with Gasteiger partial charge in [-0.3, -0.25) is 4.79 Å². The highest BCUT2D eigenvalue weighted by Gasteiger charge is 2.22. The van der Waals surface area contributed by atoms with E-state index in [1.165, 1.54) is 0 Å². The summed E-state index contributed by atoms with van der Waals surface area (Å²) in [5.41, 5.74) is 0.725. The van der Waals surface area contributed by atoms with Crippen molar-refractivity contribution in [1.29, 1.82) is 0 Å². The Kier molecular flexibility index (Phi) is 6.05. The summed E-state index contributed by atoms with van der Waals surface area (Å²) >= 11 is 0. The van der Waals surface area contributed by atoms with Crippen LogP contribution in [0, 0.1) is 5.92 Å². The number of carbonyl (C=O) groups excluding carboxylic acids is 2. The van der Waals surface area contributed by atoms with Crippen molar-refractivity contribution in [2.45, 2.75) is 33.4 Å². The molecule has 0 spiro atoms. The second-order valence-electron chi connectivity index (χ2n) is 4.72. The van der Waals surface area contributed by atoms with Crippen LogP contribution < -0.4 is 10.1 Å². The van der Waals surface area contributed by atoms with Crippen LogP contribution in [-0.4, -0.2) is 25.0 Å². The molecule has 20 heavy (non-hydrogen) atoms. The van der Waals surface area contributed by atoms with Gasteiger partial charge in [-0.2, -0.15) is 0 Å². The van der Waals surface area contributed by atoms with Gasteiger partial charge in [-0.1, -0.05) is 32.9 Å². The minimum atomic E-state index is -1.07. The standard InChI is InChI=1S/C15H21NO4/c1-4-16-14(11(2)3)15(18)20-13-7-5-12(6-8-13)9-19-10-17/h5-8,10-11,14,16H,4,9H2,1-3H3/i10D. The van der Waals surface area contributed by atoms with E-state index in [-0.39, 0.29) is 24.5 Å². The van der Waals surface area contributed by atoms with Crippen LogP contribution in [0.25, 0.3) is 0 Å². The number of nitrogens with one attached hydrogen (secondary N) is 1. The average Bonchev–Trinajstić information content (AvgIpc) is 2.43. The third-order valence-electron chi connectivity index (χ3n) is 2.78. The monoisotopic (exact) mass is 280 g/mol. The van der Waals surface area contributed by atoms with Crippen molar-refractivity contribution in [3.8, 4) is 5.75 Å². The molecule has 1 aromatic rings. The van der Waals surface area contributed by atoms with E-state index in [1.807, 2.05) is 20.8 Å². The predicted molar refractivity (Wildman–Crippen MR) is 75.2 cm³/mol. The fourth-order valence-corrected chi connectivity index (χ4v) is 1.76. The predicted octanol–water partition coefficient (Wildman–Crippen LogP) is 1.90. The van der Waals surface area contributed by atoms with Crippen molar-refractivity contribution in [2.75, 3.05) is 6.54 Å². The number of carbonyl (C=O) groups is 2. The molecule has 0 aliphatic carbocycles. The van der Waals surface area contributed by atoms with E-state index in [1.54, 1.807) is 24.3 Å². The Morgan fingerprint density at radius 2 is 2.05 bits per heavy atom. The van der Waals surface area contributed by atoms with Crippen LogP contribution in [0.5, 0.6) is 5.75 Å². The molecule has 0 aromatic heterocycles. The number of rotatable bonds is 7. The topological polar surface area (TPSA) is 64.6 Å². The van der Waals surface area contributed by atoms with E-state index in [0.717, 1.165) is 5.56 Å². The molecule has 0 saturated carbocycles. The smallest absolute Gasteiger partial charge is 0.328 e. The lowest BCUT2D eigenvalue weighted by atomic mass is 10.0. The van der Waals surface area contributed by atoms with Crippen molar-refractivity contribution in [3.63, 3.8) is 0 Å². The summed E-state index contributed by atoms with van der Waals surface area (Å²) in [6.07, 6.45) is -1.07. The lowest BCUT2D eigenvalue weighted by molar-refractivity contribution is -0.137. The van der Waals surface area contributed by atoms with Crippen LogP contribution in [-0.2, 0) is 20.9 Å². The average molecular weight is 280 g/mol. The highest BCUT2D eigenvalue weighted by Crippen LogP contribution is 2.15. The number of hydrogen-bond donors (Lipinski definition) is 1. The van der Waals surface area contributed by atoms with Crippen molar-refractivity contribution in [1.82, 2.24) is 5.32 Å². The minimum absolute atomic E-state index is 0.0303. The number of ether oxygens (including phenoxy) is 2. The highest BCUT2D eigenvalue weighted by molar-refractivity contribution is 5.78. The molecule has 0 heterocycles. The van der Waals surface area contributed by atoms with Crippen LogP contribution in [0.3, 0.4) is 0 Å². The van der Waals surface area contributed by atoms with E-state index in [9.17, 15) is 9.59 Å². The molecule has 1 atom stereocenters. The fraction of sp³-hybridized carbons (Fsp3) is 0.467. The first-order chi connectivity index (χ1) is 9.93. The van der Waals surface area contributed by atoms with Gasteiger partial charge in [0.2, 0.25) is 0 Å². The molecule has 1 rings (SSSR count). The third kappa shape index (κ3) is 5.01. The summed E-state index contributed by atoms with van der Waals surface area (Å²) in [7, 11) is 0. The second kappa shape index (κ2) is 8.32. The van der Waals surface area contributed by atoms with Crippen molar-refractivity contribution < 1.29 is 20.4 Å². The van der Waals surface area contributed by atoms with E-state index in [4.69, 9.17) is 6.11 Å². The molecule has 0 aliphatic rings. The third-order valence-corrected chi connectivity index (χ3v) is 2.78. The normalized spacial score (nSPS) is 12.7. The lowest BCUT2D eigenvalue weighted by Gasteiger charge is -2.19. The van der Waals surface area contributed by atoms with Gasteiger partial charge in [0.05, 0.1) is 0 Å². The molecule has 0 radical (unpaired) electrons. The fourth-order valence-electron chi connectivity index (χ4n) is 1.76. The number of likely N-dealkylation sites (N-methyl/N-ethyl adjacent to an activating group) is 1. The Morgan fingerprint density at radius 1 is 1.40 bits per heavy atom. The minimum Gasteiger partial charge on any atom is -0.463 e. The Morgan fingerprint density at radius 3 is 2.55 bits per heavy atom. The van der Waals surface area contributed by atoms with E-state index in [0.29, 0.717) is 12.3 Å². The number of benzene rings is 1. The molecule has 0 saturated heterocycles. The Balaban J connectivity index is 2.61. The zero-order valence-electron chi connectivity index (χ0n) is 13.0. The molecule has 1 N–H and O–H groups in total. The van der Waals surface area contributed by atoms with Gasteiger partial charge in [0, 0.05) is 0 Å². The highest BCUT2D eigenvalue weighted by atomic mass is 16.5. The summed E-state index contributed by atoms with van der Waals surface area (Å²) in [4.78, 5) is 22.5. The van der Waals surface area contributed by atoms with Crippen LogP contribution in [0.4, 0.5) is 0 Å². The maximum atomic E-state index is 12.1. The van der Waals surface area contributed by atoms with Crippen LogP contribution in [0.1, 0.15) is 27.7 Å². The van der Waals surface area contributed by atoms with E-state index < -0.39 is 6.45 Å². The SMILES string of the molecule is [2H]C(=O)OCc1ccc(OC(=O)C(NCC)C(C)C)cc1. The van der Waals surface area contributed by atoms with Gasteiger partial charge in [0.15, 0.2) is 1.37 Å². The summed E-state index contributed by atoms with van der Waals surface area (Å²) in [6, 6.07) is 6.29. The molecule has 0 bridgehead atoms. The lowest BCUT2D eigenvalue weighted by Crippen LogP contribution is -2.43. The second-order valence-corrected chi connectivity index (χ2v) is 4.72. The van der Waals surface area contributed by atoms with Gasteiger partial charge >= 0.3 is 5.97 Å². The summed E-state index contributed by atoms with van der Waals surface area (Å²) < 4.78 is 16.5. The van der Waals surface area contributed by atoms with Crippen molar-refractivity contribution in [2.24, 2.45) is 5.92 Å². The van der Waals surface area contributed by atoms with E-state index in [2.05, 4.69) is 10.1 Å². The zero-order valence-corrected chi connectivity index (χ0v) is 12.0. The zero-order chi connectivity index (χ0) is 15.8. The van der Waals surface area contributed by atoms with Gasteiger partial charge in [-0.25, -0.2) is 4.79 Å². The molecule has 1 aromatic carbocycles. The van der Waals surface area contributed by atoms with Gasteiger partial charge in [0.25, 0.3) is 6.45 Å². The van der Waals surface area contributed by atoms with Crippen LogP contribution in [0.15, 0.2) is 24.3 Å². The molecule has 5 nitrogen and oxygen atoms in total. The quantitative estimate of drug-likeness (QED) is 0.469. The Hall–Kier alpha value is -1.88. The largest absolute Gasteiger partial charge is 0.463 e. The Bertz CT molecular complexity index is 473. The Labute approximate surface area is 120 Å². The molecule has 0 aliphatic heterocycles. The summed E-state index contributed by atoms with van der Waals surface area (Å²) in [5, 5.41) is 3.09. The first kappa shape index (κ1) is 14.5. The molecular formula is C15H21NO4. The molecule has 110 valence electrons. The molecule has 5 heteroatoms. The summed E-state index contributed by atoms with van der Waals surface area (Å²) in [6.45, 7) is 6.56. The number of hydrogen-bond acceptors (Lipinski definition) is 5. The van der Waals surface area contributed by atoms with Gasteiger partial charge in [-0.05, 0) is 30.2 Å². The van der Waals surface area contributed by atoms with Gasteiger partial charge < -0.3 is 14.8 Å². The maximum absolute atomic E-state index is 12.1. The molecule has 0 amide bonds. The summed E-state index contributed by atoms with van der Waals surface area (Å²) in [5.74, 6) is 0.245. The maximum Gasteiger partial charge on any atom is 0.328 e.